The Morgan fingerprint density at radius 1 is 1.04 bits per heavy atom. The summed E-state index contributed by atoms with van der Waals surface area (Å²) in [6.45, 7) is -0.150. The molecule has 1 aliphatic carbocycles. The molecule has 3 unspecified atom stereocenters. The van der Waals surface area contributed by atoms with Crippen LogP contribution in [0, 0.1) is 3.57 Å². The molecule has 0 bridgehead atoms. The second-order valence-corrected chi connectivity index (χ2v) is 11.7. The smallest absolute Gasteiger partial charge is 0.349 e. The van der Waals surface area contributed by atoms with E-state index in [1.165, 1.54) is 11.0 Å². The Hall–Kier alpha value is -4.20. The number of halogens is 1. The van der Waals surface area contributed by atoms with Gasteiger partial charge < -0.3 is 34.3 Å². The number of nitrogens with zero attached hydrogens (tertiary/aromatic N) is 1. The van der Waals surface area contributed by atoms with Crippen LogP contribution in [0.1, 0.15) is 22.3 Å². The highest BCUT2D eigenvalue weighted by atomic mass is 127. The molecule has 1 heterocycles. The van der Waals surface area contributed by atoms with Gasteiger partial charge >= 0.3 is 5.63 Å². The summed E-state index contributed by atoms with van der Waals surface area (Å²) in [4.78, 5) is 42.1. The first-order valence-corrected chi connectivity index (χ1v) is 15.5. The first-order chi connectivity index (χ1) is 21.8. The normalized spacial score (nSPS) is 17.8. The second kappa shape index (κ2) is 14.7. The van der Waals surface area contributed by atoms with Gasteiger partial charge in [-0.15, -0.1) is 0 Å². The van der Waals surface area contributed by atoms with Crippen molar-refractivity contribution in [1.29, 1.82) is 0 Å². The lowest BCUT2D eigenvalue weighted by molar-refractivity contribution is -0.118. The molecule has 1 aliphatic rings. The summed E-state index contributed by atoms with van der Waals surface area (Å²) in [6, 6.07) is 22.0. The molecule has 234 valence electrons. The van der Waals surface area contributed by atoms with Gasteiger partial charge in [0, 0.05) is 30.5 Å². The first kappa shape index (κ1) is 32.2. The van der Waals surface area contributed by atoms with Gasteiger partial charge in [-0.3, -0.25) is 9.59 Å². The number of methoxy groups -OCH3 is 1. The summed E-state index contributed by atoms with van der Waals surface area (Å²) < 4.78 is 18.0. The van der Waals surface area contributed by atoms with Crippen LogP contribution in [0.5, 0.6) is 11.5 Å². The lowest BCUT2D eigenvalue weighted by Crippen LogP contribution is -2.56. The molecule has 45 heavy (non-hydrogen) atoms. The Balaban J connectivity index is 1.56. The average Bonchev–Trinajstić information content (AvgIpc) is 3.05. The van der Waals surface area contributed by atoms with E-state index in [2.05, 4.69) is 27.9 Å². The molecule has 0 radical (unpaired) electrons. The highest BCUT2D eigenvalue weighted by Gasteiger charge is 2.41. The van der Waals surface area contributed by atoms with Gasteiger partial charge in [-0.05, 0) is 71.0 Å². The summed E-state index contributed by atoms with van der Waals surface area (Å²) >= 11 is 2.12. The zero-order chi connectivity index (χ0) is 31.9. The Morgan fingerprint density at radius 2 is 1.76 bits per heavy atom. The number of aliphatic hydroxyl groups is 2. The molecule has 0 saturated heterocycles. The highest BCUT2D eigenvalue weighted by molar-refractivity contribution is 14.1. The standard InChI is InChI=1S/C34H33IN2O8/c1-43-27-11-5-2-8-21(27)14-16-37(33(41)24-18-22-9-3-6-12-28(22)45-34(24)42)26-19-23(32(40)36-15-17-38)20-30(31(26)39)44-29-13-7-4-10-25(29)35/h2-13,18,20,26,30-31,38-39H,14-17,19H2,1H3,(H,36,40). The van der Waals surface area contributed by atoms with Crippen molar-refractivity contribution in [2.45, 2.75) is 31.1 Å². The third-order valence-electron chi connectivity index (χ3n) is 7.66. The number of benzene rings is 3. The minimum Gasteiger partial charge on any atom is -0.496 e. The van der Waals surface area contributed by atoms with E-state index in [9.17, 15) is 24.6 Å². The number of nitrogens with one attached hydrogen (secondary N) is 1. The maximum absolute atomic E-state index is 14.3. The molecule has 0 aliphatic heterocycles. The molecule has 3 N–H and O–H groups in total. The summed E-state index contributed by atoms with van der Waals surface area (Å²) in [5.41, 5.74) is 0.423. The zero-order valence-electron chi connectivity index (χ0n) is 24.5. The van der Waals surface area contributed by atoms with Gasteiger partial charge in [0.1, 0.15) is 34.9 Å². The van der Waals surface area contributed by atoms with Gasteiger partial charge in [-0.25, -0.2) is 4.79 Å². The van der Waals surface area contributed by atoms with Crippen molar-refractivity contribution < 1.29 is 33.7 Å². The summed E-state index contributed by atoms with van der Waals surface area (Å²) in [5, 5.41) is 24.3. The number of aliphatic hydroxyl groups excluding tert-OH is 2. The molecule has 3 atom stereocenters. The summed E-state index contributed by atoms with van der Waals surface area (Å²) in [7, 11) is 1.56. The van der Waals surface area contributed by atoms with E-state index in [0.717, 1.165) is 9.13 Å². The maximum atomic E-state index is 14.3. The minimum atomic E-state index is -1.27. The number of fused-ring (bicyclic) bond motifs is 1. The number of rotatable bonds is 11. The van der Waals surface area contributed by atoms with Crippen LogP contribution in [0.25, 0.3) is 11.0 Å². The minimum absolute atomic E-state index is 0.0270. The third-order valence-corrected chi connectivity index (χ3v) is 8.55. The van der Waals surface area contributed by atoms with E-state index >= 15 is 0 Å². The first-order valence-electron chi connectivity index (χ1n) is 14.5. The Labute approximate surface area is 273 Å². The van der Waals surface area contributed by atoms with E-state index < -0.39 is 35.7 Å². The molecule has 1 aromatic heterocycles. The number of carbonyl (C=O) groups excluding carboxylic acids is 2. The predicted octanol–water partition coefficient (Wildman–Crippen LogP) is 3.71. The quantitative estimate of drug-likeness (QED) is 0.157. The molecule has 3 aromatic carbocycles. The van der Waals surface area contributed by atoms with Crippen molar-refractivity contribution in [2.75, 3.05) is 26.8 Å². The average molecular weight is 725 g/mol. The van der Waals surface area contributed by atoms with E-state index in [-0.39, 0.29) is 37.3 Å². The fourth-order valence-electron chi connectivity index (χ4n) is 5.40. The van der Waals surface area contributed by atoms with E-state index in [0.29, 0.717) is 28.9 Å². The maximum Gasteiger partial charge on any atom is 0.349 e. The zero-order valence-corrected chi connectivity index (χ0v) is 26.7. The number of amides is 2. The van der Waals surface area contributed by atoms with Crippen LogP contribution < -0.4 is 20.4 Å². The van der Waals surface area contributed by atoms with E-state index in [4.69, 9.17) is 13.9 Å². The van der Waals surface area contributed by atoms with Crippen molar-refractivity contribution in [3.05, 3.63) is 116 Å². The van der Waals surface area contributed by atoms with Crippen LogP contribution >= 0.6 is 22.6 Å². The van der Waals surface area contributed by atoms with Crippen LogP contribution in [0.3, 0.4) is 0 Å². The monoisotopic (exact) mass is 724 g/mol. The molecule has 0 fully saturated rings. The van der Waals surface area contributed by atoms with Crippen LogP contribution in [0.15, 0.2) is 99.7 Å². The van der Waals surface area contributed by atoms with Gasteiger partial charge in [-0.1, -0.05) is 48.5 Å². The largest absolute Gasteiger partial charge is 0.496 e. The third kappa shape index (κ3) is 7.38. The van der Waals surface area contributed by atoms with Gasteiger partial charge in [0.2, 0.25) is 5.91 Å². The highest BCUT2D eigenvalue weighted by Crippen LogP contribution is 2.31. The van der Waals surface area contributed by atoms with Crippen molar-refractivity contribution in [2.24, 2.45) is 0 Å². The van der Waals surface area contributed by atoms with Crippen LogP contribution in [0.2, 0.25) is 0 Å². The topological polar surface area (TPSA) is 139 Å². The molecule has 0 spiro atoms. The van der Waals surface area contributed by atoms with Crippen molar-refractivity contribution in [3.8, 4) is 11.5 Å². The van der Waals surface area contributed by atoms with Crippen molar-refractivity contribution in [1.82, 2.24) is 10.2 Å². The molecular weight excluding hydrogens is 691 g/mol. The number of para-hydroxylation sites is 3. The van der Waals surface area contributed by atoms with Gasteiger partial charge in [0.25, 0.3) is 5.91 Å². The Morgan fingerprint density at radius 3 is 2.51 bits per heavy atom. The van der Waals surface area contributed by atoms with Crippen LogP contribution in [-0.4, -0.2) is 72.0 Å². The van der Waals surface area contributed by atoms with Crippen molar-refractivity contribution >= 4 is 45.4 Å². The van der Waals surface area contributed by atoms with Crippen molar-refractivity contribution in [3.63, 3.8) is 0 Å². The Bertz CT molecular complexity index is 1770. The fraction of sp³-hybridized carbons (Fsp3) is 0.265. The molecular formula is C34H33IN2O8. The molecule has 5 rings (SSSR count). The lowest BCUT2D eigenvalue weighted by Gasteiger charge is -2.40. The van der Waals surface area contributed by atoms with Gasteiger partial charge in [0.05, 0.1) is 23.3 Å². The number of hydrogen-bond acceptors (Lipinski definition) is 8. The van der Waals surface area contributed by atoms with E-state index in [1.807, 2.05) is 36.4 Å². The molecule has 10 nitrogen and oxygen atoms in total. The second-order valence-electron chi connectivity index (χ2n) is 10.5. The molecule has 11 heteroatoms. The Kier molecular flexibility index (Phi) is 10.5. The molecule has 0 saturated carbocycles. The SMILES string of the molecule is COc1ccccc1CCN(C(=O)c1cc2ccccc2oc1=O)C1CC(C(=O)NCCO)=CC(Oc2ccccc2I)C1O. The fourth-order valence-corrected chi connectivity index (χ4v) is 5.92. The predicted molar refractivity (Wildman–Crippen MR) is 176 cm³/mol. The number of hydrogen-bond donors (Lipinski definition) is 3. The summed E-state index contributed by atoms with van der Waals surface area (Å²) in [6.07, 6.45) is -0.436. The van der Waals surface area contributed by atoms with E-state index in [1.54, 1.807) is 49.6 Å². The molecule has 2 amide bonds. The van der Waals surface area contributed by atoms with Gasteiger partial charge in [-0.2, -0.15) is 0 Å². The lowest BCUT2D eigenvalue weighted by atomic mass is 9.87. The number of ether oxygens (including phenoxy) is 2. The van der Waals surface area contributed by atoms with Gasteiger partial charge in [0.15, 0.2) is 0 Å². The van der Waals surface area contributed by atoms with Crippen LogP contribution in [0.4, 0.5) is 0 Å². The van der Waals surface area contributed by atoms with Crippen LogP contribution in [-0.2, 0) is 11.2 Å². The molecule has 4 aromatic rings. The summed E-state index contributed by atoms with van der Waals surface area (Å²) in [5.74, 6) is 0.0116. The number of carbonyl (C=O) groups is 2.